The Morgan fingerprint density at radius 3 is 2.23 bits per heavy atom. The van der Waals surface area contributed by atoms with E-state index in [0.717, 1.165) is 32.1 Å². The monoisotopic (exact) mass is 314 g/mol. The summed E-state index contributed by atoms with van der Waals surface area (Å²) in [5.41, 5.74) is 4.71. The van der Waals surface area contributed by atoms with E-state index in [1.54, 1.807) is 0 Å². The van der Waals surface area contributed by atoms with Gasteiger partial charge in [-0.05, 0) is 59.8 Å². The Morgan fingerprint density at radius 1 is 1.18 bits per heavy atom. The molecular weight excluding hydrogens is 284 g/mol. The van der Waals surface area contributed by atoms with E-state index in [1.165, 1.54) is 0 Å². The molecular formula is C16H30N2O4. The van der Waals surface area contributed by atoms with Gasteiger partial charge in [0.2, 0.25) is 0 Å². The zero-order chi connectivity index (χ0) is 16.8. The fourth-order valence-corrected chi connectivity index (χ4v) is 2.77. The molecule has 0 unspecified atom stereocenters. The molecule has 0 bridgehead atoms. The summed E-state index contributed by atoms with van der Waals surface area (Å²) in [7, 11) is 0. The summed E-state index contributed by atoms with van der Waals surface area (Å²) < 4.78 is 10.4. The first-order valence-corrected chi connectivity index (χ1v) is 8.14. The summed E-state index contributed by atoms with van der Waals surface area (Å²) in [6.07, 6.45) is 3.50. The highest BCUT2D eigenvalue weighted by Crippen LogP contribution is 2.40. The molecule has 0 atom stereocenters. The molecule has 0 heterocycles. The third-order valence-electron chi connectivity index (χ3n) is 4.11. The van der Waals surface area contributed by atoms with Crippen LogP contribution in [0.1, 0.15) is 66.7 Å². The Morgan fingerprint density at radius 2 is 1.77 bits per heavy atom. The van der Waals surface area contributed by atoms with Gasteiger partial charge in [-0.3, -0.25) is 10.2 Å². The number of ether oxygens (including phenoxy) is 2. The van der Waals surface area contributed by atoms with Crippen molar-refractivity contribution in [3.63, 3.8) is 0 Å². The average molecular weight is 314 g/mol. The number of carbonyl (C=O) groups is 2. The first-order valence-electron chi connectivity index (χ1n) is 8.14. The lowest BCUT2D eigenvalue weighted by atomic mass is 9.71. The van der Waals surface area contributed by atoms with Gasteiger partial charge in [0.15, 0.2) is 0 Å². The highest BCUT2D eigenvalue weighted by Gasteiger charge is 2.41. The standard InChI is InChI=1S/C16H30N2O4/c1-6-16(13(19)21-7-2)10-8-12(9-11-16)17-18-14(20)22-15(3,4)5/h12,17H,6-11H2,1-5H3,(H,18,20). The zero-order valence-corrected chi connectivity index (χ0v) is 14.5. The molecule has 6 heteroatoms. The van der Waals surface area contributed by atoms with Crippen molar-refractivity contribution in [1.29, 1.82) is 0 Å². The molecule has 6 nitrogen and oxygen atoms in total. The van der Waals surface area contributed by atoms with Crippen molar-refractivity contribution >= 4 is 12.1 Å². The summed E-state index contributed by atoms with van der Waals surface area (Å²) in [6.45, 7) is 9.75. The van der Waals surface area contributed by atoms with E-state index < -0.39 is 11.7 Å². The fraction of sp³-hybridized carbons (Fsp3) is 0.875. The van der Waals surface area contributed by atoms with Crippen LogP contribution in [-0.2, 0) is 14.3 Å². The second kappa shape index (κ2) is 7.81. The highest BCUT2D eigenvalue weighted by molar-refractivity contribution is 5.77. The smallest absolute Gasteiger partial charge is 0.422 e. The van der Waals surface area contributed by atoms with Crippen LogP contribution >= 0.6 is 0 Å². The van der Waals surface area contributed by atoms with E-state index in [0.29, 0.717) is 6.61 Å². The Hall–Kier alpha value is -1.30. The molecule has 0 radical (unpaired) electrons. The van der Waals surface area contributed by atoms with Gasteiger partial charge in [-0.15, -0.1) is 0 Å². The van der Waals surface area contributed by atoms with E-state index in [4.69, 9.17) is 9.47 Å². The highest BCUT2D eigenvalue weighted by atomic mass is 16.6. The summed E-state index contributed by atoms with van der Waals surface area (Å²) in [5.74, 6) is -0.0870. The van der Waals surface area contributed by atoms with Gasteiger partial charge >= 0.3 is 12.1 Å². The molecule has 0 aliphatic heterocycles. The predicted molar refractivity (Wildman–Crippen MR) is 84.1 cm³/mol. The van der Waals surface area contributed by atoms with E-state index in [-0.39, 0.29) is 17.4 Å². The van der Waals surface area contributed by atoms with Gasteiger partial charge in [-0.1, -0.05) is 6.92 Å². The fourth-order valence-electron chi connectivity index (χ4n) is 2.77. The molecule has 0 aromatic heterocycles. The lowest BCUT2D eigenvalue weighted by Gasteiger charge is -2.37. The normalized spacial score (nSPS) is 25.4. The van der Waals surface area contributed by atoms with Gasteiger partial charge in [0.25, 0.3) is 0 Å². The minimum absolute atomic E-state index is 0.0870. The number of hydrogen-bond donors (Lipinski definition) is 2. The first kappa shape index (κ1) is 18.7. The molecule has 128 valence electrons. The zero-order valence-electron chi connectivity index (χ0n) is 14.5. The first-order chi connectivity index (χ1) is 10.2. The van der Waals surface area contributed by atoms with Gasteiger partial charge in [0.1, 0.15) is 5.60 Å². The van der Waals surface area contributed by atoms with Gasteiger partial charge in [-0.25, -0.2) is 10.2 Å². The lowest BCUT2D eigenvalue weighted by Crippen LogP contribution is -2.49. The maximum atomic E-state index is 12.1. The van der Waals surface area contributed by atoms with Crippen LogP contribution in [-0.4, -0.2) is 30.3 Å². The number of carbonyl (C=O) groups excluding carboxylic acids is 2. The molecule has 1 saturated carbocycles. The Kier molecular flexibility index (Phi) is 6.66. The molecule has 1 aliphatic rings. The molecule has 2 N–H and O–H groups in total. The summed E-state index contributed by atoms with van der Waals surface area (Å²) in [6, 6.07) is 0.154. The average Bonchev–Trinajstić information content (AvgIpc) is 2.44. The third-order valence-corrected chi connectivity index (χ3v) is 4.11. The number of hydrazine groups is 1. The summed E-state index contributed by atoms with van der Waals surface area (Å²) in [4.78, 5) is 23.8. The number of amides is 1. The van der Waals surface area contributed by atoms with Crippen molar-refractivity contribution in [3.8, 4) is 0 Å². The number of esters is 1. The molecule has 0 saturated heterocycles. The molecule has 0 aromatic rings. The SMILES string of the molecule is CCOC(=O)C1(CC)CCC(NNC(=O)OC(C)(C)C)CC1. The second-order valence-corrected chi connectivity index (χ2v) is 6.90. The molecule has 1 fully saturated rings. The van der Waals surface area contributed by atoms with Crippen LogP contribution in [0.4, 0.5) is 4.79 Å². The van der Waals surface area contributed by atoms with Crippen molar-refractivity contribution in [2.75, 3.05) is 6.61 Å². The van der Waals surface area contributed by atoms with Crippen LogP contribution in [0.15, 0.2) is 0 Å². The van der Waals surface area contributed by atoms with Crippen molar-refractivity contribution in [1.82, 2.24) is 10.9 Å². The topological polar surface area (TPSA) is 76.7 Å². The summed E-state index contributed by atoms with van der Waals surface area (Å²) >= 11 is 0. The van der Waals surface area contributed by atoms with E-state index in [1.807, 2.05) is 34.6 Å². The van der Waals surface area contributed by atoms with E-state index in [2.05, 4.69) is 10.9 Å². The van der Waals surface area contributed by atoms with Crippen LogP contribution in [0.25, 0.3) is 0 Å². The largest absolute Gasteiger partial charge is 0.466 e. The van der Waals surface area contributed by atoms with Gasteiger partial charge in [0, 0.05) is 6.04 Å². The van der Waals surface area contributed by atoms with E-state index >= 15 is 0 Å². The molecule has 0 spiro atoms. The van der Waals surface area contributed by atoms with Crippen LogP contribution < -0.4 is 10.9 Å². The number of hydrogen-bond acceptors (Lipinski definition) is 5. The maximum absolute atomic E-state index is 12.1. The third kappa shape index (κ3) is 5.48. The van der Waals surface area contributed by atoms with Gasteiger partial charge in [0.05, 0.1) is 12.0 Å². The molecule has 1 rings (SSSR count). The predicted octanol–water partition coefficient (Wildman–Crippen LogP) is 2.92. The maximum Gasteiger partial charge on any atom is 0.422 e. The molecule has 0 aromatic carbocycles. The Bertz CT molecular complexity index is 382. The number of nitrogens with one attached hydrogen (secondary N) is 2. The molecule has 22 heavy (non-hydrogen) atoms. The molecule has 1 aliphatic carbocycles. The Balaban J connectivity index is 2.41. The van der Waals surface area contributed by atoms with Crippen molar-refractivity contribution in [3.05, 3.63) is 0 Å². The van der Waals surface area contributed by atoms with Crippen LogP contribution in [0.3, 0.4) is 0 Å². The van der Waals surface area contributed by atoms with Gasteiger partial charge in [-0.2, -0.15) is 0 Å². The lowest BCUT2D eigenvalue weighted by molar-refractivity contribution is -0.158. The van der Waals surface area contributed by atoms with Gasteiger partial charge < -0.3 is 9.47 Å². The van der Waals surface area contributed by atoms with Crippen molar-refractivity contribution < 1.29 is 19.1 Å². The summed E-state index contributed by atoms with van der Waals surface area (Å²) in [5, 5.41) is 0. The van der Waals surface area contributed by atoms with Crippen LogP contribution in [0, 0.1) is 5.41 Å². The van der Waals surface area contributed by atoms with E-state index in [9.17, 15) is 9.59 Å². The van der Waals surface area contributed by atoms with Crippen molar-refractivity contribution in [2.24, 2.45) is 5.41 Å². The minimum Gasteiger partial charge on any atom is -0.466 e. The second-order valence-electron chi connectivity index (χ2n) is 6.90. The van der Waals surface area contributed by atoms with Crippen LogP contribution in [0.2, 0.25) is 0 Å². The number of rotatable bonds is 5. The van der Waals surface area contributed by atoms with Crippen LogP contribution in [0.5, 0.6) is 0 Å². The van der Waals surface area contributed by atoms with Crippen molar-refractivity contribution in [2.45, 2.75) is 78.4 Å². The minimum atomic E-state index is -0.514. The quantitative estimate of drug-likeness (QED) is 0.603. The molecule has 1 amide bonds. The Labute approximate surface area is 133 Å².